The molecule has 6 heteroatoms. The van der Waals surface area contributed by atoms with E-state index >= 15 is 0 Å². The van der Waals surface area contributed by atoms with Gasteiger partial charge in [0.25, 0.3) is 0 Å². The lowest BCUT2D eigenvalue weighted by Gasteiger charge is -2.28. The topological polar surface area (TPSA) is 77.0 Å². The summed E-state index contributed by atoms with van der Waals surface area (Å²) in [6, 6.07) is 5.05. The second-order valence-corrected chi connectivity index (χ2v) is 4.42. The predicted molar refractivity (Wildman–Crippen MR) is 74.4 cm³/mol. The van der Waals surface area contributed by atoms with E-state index in [9.17, 15) is 9.90 Å². The van der Waals surface area contributed by atoms with Gasteiger partial charge in [-0.1, -0.05) is 0 Å². The summed E-state index contributed by atoms with van der Waals surface area (Å²) in [5.74, 6) is 0.0754. The Hall–Kier alpha value is -1.79. The van der Waals surface area contributed by atoms with Gasteiger partial charge in [0.2, 0.25) is 0 Å². The Kier molecular flexibility index (Phi) is 5.79. The Labute approximate surface area is 118 Å². The first-order valence-corrected chi connectivity index (χ1v) is 6.19. The Morgan fingerprint density at radius 2 is 2.00 bits per heavy atom. The van der Waals surface area contributed by atoms with E-state index < -0.39 is 11.5 Å². The third-order valence-electron chi connectivity index (χ3n) is 3.16. The van der Waals surface area contributed by atoms with Crippen molar-refractivity contribution < 1.29 is 24.1 Å². The van der Waals surface area contributed by atoms with Crippen LogP contribution in [0.5, 0.6) is 11.5 Å². The van der Waals surface area contributed by atoms with Crippen LogP contribution in [0, 0.1) is 0 Å². The highest BCUT2D eigenvalue weighted by Crippen LogP contribution is 2.33. The van der Waals surface area contributed by atoms with Gasteiger partial charge >= 0.3 is 5.97 Å². The van der Waals surface area contributed by atoms with Crippen molar-refractivity contribution in [2.75, 3.05) is 34.5 Å². The summed E-state index contributed by atoms with van der Waals surface area (Å²) in [6.45, 7) is 2.42. The van der Waals surface area contributed by atoms with Crippen molar-refractivity contribution in [1.82, 2.24) is 5.32 Å². The molecule has 1 aromatic rings. The second-order valence-electron chi connectivity index (χ2n) is 4.42. The molecule has 0 aromatic heterocycles. The first-order valence-electron chi connectivity index (χ1n) is 6.19. The summed E-state index contributed by atoms with van der Waals surface area (Å²) in [5.41, 5.74) is -0.736. The van der Waals surface area contributed by atoms with Gasteiger partial charge in [0, 0.05) is 25.3 Å². The van der Waals surface area contributed by atoms with Crippen LogP contribution in [0.25, 0.3) is 0 Å². The number of carboxylic acid groups (broad SMARTS) is 1. The smallest absolute Gasteiger partial charge is 0.328 e. The number of benzene rings is 1. The van der Waals surface area contributed by atoms with Gasteiger partial charge in [0.1, 0.15) is 17.0 Å². The lowest BCUT2D eigenvalue weighted by molar-refractivity contribution is -0.144. The molecule has 1 atom stereocenters. The maximum atomic E-state index is 11.6. The Bertz CT molecular complexity index is 463. The Morgan fingerprint density at radius 1 is 1.30 bits per heavy atom. The zero-order valence-corrected chi connectivity index (χ0v) is 12.2. The quantitative estimate of drug-likeness (QED) is 0.699. The molecule has 0 saturated carbocycles. The number of rotatable bonds is 8. The highest BCUT2D eigenvalue weighted by molar-refractivity contribution is 5.81. The van der Waals surface area contributed by atoms with Crippen LogP contribution in [0.4, 0.5) is 0 Å². The first-order chi connectivity index (χ1) is 9.49. The third-order valence-corrected chi connectivity index (χ3v) is 3.16. The summed E-state index contributed by atoms with van der Waals surface area (Å²) < 4.78 is 15.3. The van der Waals surface area contributed by atoms with Crippen LogP contribution in [0.3, 0.4) is 0 Å². The van der Waals surface area contributed by atoms with E-state index in [1.54, 1.807) is 39.3 Å². The van der Waals surface area contributed by atoms with Crippen molar-refractivity contribution in [3.05, 3.63) is 23.8 Å². The molecule has 0 aliphatic carbocycles. The van der Waals surface area contributed by atoms with Crippen molar-refractivity contribution in [1.29, 1.82) is 0 Å². The fraction of sp³-hybridized carbons (Fsp3) is 0.500. The number of hydrogen-bond acceptors (Lipinski definition) is 5. The normalized spacial score (nSPS) is 13.6. The minimum absolute atomic E-state index is 0.411. The van der Waals surface area contributed by atoms with Crippen LogP contribution in [-0.4, -0.2) is 45.6 Å². The minimum atomic E-state index is -1.27. The van der Waals surface area contributed by atoms with Crippen molar-refractivity contribution in [2.45, 2.75) is 12.5 Å². The van der Waals surface area contributed by atoms with E-state index in [-0.39, 0.29) is 0 Å². The highest BCUT2D eigenvalue weighted by Gasteiger charge is 2.37. The molecular formula is C14H21NO5. The van der Waals surface area contributed by atoms with Crippen LogP contribution in [0.1, 0.15) is 12.5 Å². The van der Waals surface area contributed by atoms with Gasteiger partial charge in [0.15, 0.2) is 0 Å². The van der Waals surface area contributed by atoms with Gasteiger partial charge in [-0.2, -0.15) is 0 Å². The number of methoxy groups -OCH3 is 3. The van der Waals surface area contributed by atoms with E-state index in [1.807, 2.05) is 0 Å². The highest BCUT2D eigenvalue weighted by atomic mass is 16.5. The molecule has 0 aliphatic heterocycles. The second kappa shape index (κ2) is 7.12. The molecular weight excluding hydrogens is 262 g/mol. The molecule has 20 heavy (non-hydrogen) atoms. The molecule has 0 heterocycles. The van der Waals surface area contributed by atoms with Crippen molar-refractivity contribution in [3.63, 3.8) is 0 Å². The van der Waals surface area contributed by atoms with Crippen molar-refractivity contribution in [2.24, 2.45) is 0 Å². The van der Waals surface area contributed by atoms with E-state index in [0.29, 0.717) is 30.2 Å². The summed E-state index contributed by atoms with van der Waals surface area (Å²) in [4.78, 5) is 11.6. The number of ether oxygens (including phenoxy) is 3. The molecule has 1 unspecified atom stereocenters. The van der Waals surface area contributed by atoms with Crippen molar-refractivity contribution in [3.8, 4) is 11.5 Å². The summed E-state index contributed by atoms with van der Waals surface area (Å²) in [6.07, 6.45) is 0. The van der Waals surface area contributed by atoms with Gasteiger partial charge in [0.05, 0.1) is 20.8 Å². The van der Waals surface area contributed by atoms with Crippen LogP contribution >= 0.6 is 0 Å². The van der Waals surface area contributed by atoms with E-state index in [4.69, 9.17) is 14.2 Å². The lowest BCUT2D eigenvalue weighted by Crippen LogP contribution is -2.48. The SMILES string of the molecule is COCCNC(C)(C(=O)O)c1ccc(OC)cc1OC. The molecule has 0 bridgehead atoms. The number of carboxylic acids is 1. The van der Waals surface area contributed by atoms with Crippen LogP contribution in [0.15, 0.2) is 18.2 Å². The zero-order valence-electron chi connectivity index (χ0n) is 12.2. The Morgan fingerprint density at radius 3 is 2.50 bits per heavy atom. The fourth-order valence-corrected chi connectivity index (χ4v) is 1.90. The van der Waals surface area contributed by atoms with Crippen LogP contribution in [-0.2, 0) is 15.1 Å². The van der Waals surface area contributed by atoms with E-state index in [2.05, 4.69) is 5.32 Å². The number of carbonyl (C=O) groups is 1. The van der Waals surface area contributed by atoms with E-state index in [0.717, 1.165) is 0 Å². The summed E-state index contributed by atoms with van der Waals surface area (Å²) in [7, 11) is 4.60. The van der Waals surface area contributed by atoms with Gasteiger partial charge in [-0.3, -0.25) is 5.32 Å². The molecule has 0 radical (unpaired) electrons. The monoisotopic (exact) mass is 283 g/mol. The zero-order chi connectivity index (χ0) is 15.2. The van der Waals surface area contributed by atoms with Gasteiger partial charge in [-0.05, 0) is 19.1 Å². The average molecular weight is 283 g/mol. The molecule has 0 fully saturated rings. The molecule has 0 spiro atoms. The molecule has 1 aromatic carbocycles. The molecule has 0 amide bonds. The molecule has 0 saturated heterocycles. The molecule has 6 nitrogen and oxygen atoms in total. The average Bonchev–Trinajstić information content (AvgIpc) is 2.46. The standard InChI is InChI=1S/C14H21NO5/c1-14(13(16)17,15-7-8-18-2)11-6-5-10(19-3)9-12(11)20-4/h5-6,9,15H,7-8H2,1-4H3,(H,16,17). The molecule has 1 rings (SSSR count). The minimum Gasteiger partial charge on any atom is -0.497 e. The predicted octanol–water partition coefficient (Wildman–Crippen LogP) is 1.24. The van der Waals surface area contributed by atoms with E-state index in [1.165, 1.54) is 7.11 Å². The lowest BCUT2D eigenvalue weighted by atomic mass is 9.91. The summed E-state index contributed by atoms with van der Waals surface area (Å²) >= 11 is 0. The van der Waals surface area contributed by atoms with Crippen LogP contribution in [0.2, 0.25) is 0 Å². The van der Waals surface area contributed by atoms with Crippen molar-refractivity contribution >= 4 is 5.97 Å². The molecule has 0 aliphatic rings. The number of hydrogen-bond donors (Lipinski definition) is 2. The first kappa shape index (κ1) is 16.3. The maximum Gasteiger partial charge on any atom is 0.328 e. The number of nitrogens with one attached hydrogen (secondary N) is 1. The van der Waals surface area contributed by atoms with Gasteiger partial charge in [-0.15, -0.1) is 0 Å². The molecule has 112 valence electrons. The third kappa shape index (κ3) is 3.40. The number of aliphatic carboxylic acids is 1. The fourth-order valence-electron chi connectivity index (χ4n) is 1.90. The largest absolute Gasteiger partial charge is 0.497 e. The van der Waals surface area contributed by atoms with Gasteiger partial charge in [-0.25, -0.2) is 4.79 Å². The van der Waals surface area contributed by atoms with Crippen LogP contribution < -0.4 is 14.8 Å². The van der Waals surface area contributed by atoms with Gasteiger partial charge < -0.3 is 19.3 Å². The maximum absolute atomic E-state index is 11.6. The Balaban J connectivity index is 3.16. The summed E-state index contributed by atoms with van der Waals surface area (Å²) in [5, 5.41) is 12.5. The molecule has 2 N–H and O–H groups in total.